The second-order valence-electron chi connectivity index (χ2n) is 7.07. The van der Waals surface area contributed by atoms with Crippen LogP contribution >= 0.6 is 0 Å². The second kappa shape index (κ2) is 5.90. The number of carbonyl (C=O) groups excluding carboxylic acids is 1. The van der Waals surface area contributed by atoms with Crippen LogP contribution in [0.4, 0.5) is 0 Å². The number of hydrogen-bond acceptors (Lipinski definition) is 4. The lowest BCUT2D eigenvalue weighted by molar-refractivity contribution is -0.140. The first-order valence-corrected chi connectivity index (χ1v) is 9.20. The van der Waals surface area contributed by atoms with Gasteiger partial charge < -0.3 is 4.90 Å². The topological polar surface area (TPSA) is 75.5 Å². The Bertz CT molecular complexity index is 708. The number of amides is 1. The fourth-order valence-corrected chi connectivity index (χ4v) is 4.68. The highest BCUT2D eigenvalue weighted by Crippen LogP contribution is 2.25. The fourth-order valence-electron chi connectivity index (χ4n) is 2.86. The molecule has 0 bridgehead atoms. The molecule has 8 heteroatoms. The van der Waals surface area contributed by atoms with Crippen molar-refractivity contribution in [1.29, 1.82) is 0 Å². The maximum Gasteiger partial charge on any atom is 0.246 e. The van der Waals surface area contributed by atoms with Gasteiger partial charge in [0.25, 0.3) is 0 Å². The van der Waals surface area contributed by atoms with E-state index in [1.165, 1.54) is 4.31 Å². The van der Waals surface area contributed by atoms with Crippen LogP contribution in [-0.4, -0.2) is 59.5 Å². The van der Waals surface area contributed by atoms with Gasteiger partial charge in [-0.3, -0.25) is 9.48 Å². The van der Waals surface area contributed by atoms with Crippen LogP contribution in [0, 0.1) is 19.3 Å². The van der Waals surface area contributed by atoms with Crippen molar-refractivity contribution in [2.45, 2.75) is 39.5 Å². The van der Waals surface area contributed by atoms with Gasteiger partial charge in [-0.25, -0.2) is 8.42 Å². The van der Waals surface area contributed by atoms with E-state index in [-0.39, 0.29) is 10.8 Å². The van der Waals surface area contributed by atoms with E-state index in [4.69, 9.17) is 0 Å². The van der Waals surface area contributed by atoms with Crippen LogP contribution < -0.4 is 0 Å². The number of piperazine rings is 1. The maximum atomic E-state index is 12.9. The molecule has 0 aliphatic carbocycles. The molecule has 0 aromatic carbocycles. The standard InChI is InChI=1S/C15H26N4O3S/c1-11-13(12(2)17(6)16-11)23(21,22)19-9-7-18(8-10-19)14(20)15(3,4)5/h7-10H2,1-6H3. The Morgan fingerprint density at radius 1 is 1.09 bits per heavy atom. The molecule has 1 saturated heterocycles. The molecule has 2 heterocycles. The molecule has 0 atom stereocenters. The minimum atomic E-state index is -3.58. The molecule has 2 rings (SSSR count). The molecule has 1 amide bonds. The smallest absolute Gasteiger partial charge is 0.246 e. The van der Waals surface area contributed by atoms with Gasteiger partial charge in [0.2, 0.25) is 15.9 Å². The monoisotopic (exact) mass is 342 g/mol. The van der Waals surface area contributed by atoms with Crippen LogP contribution in [0.2, 0.25) is 0 Å². The Labute approximate surface area is 138 Å². The Morgan fingerprint density at radius 3 is 2.00 bits per heavy atom. The van der Waals surface area contributed by atoms with E-state index in [0.717, 1.165) is 0 Å². The minimum absolute atomic E-state index is 0.0586. The molecular formula is C15H26N4O3S. The number of carbonyl (C=O) groups is 1. The summed E-state index contributed by atoms with van der Waals surface area (Å²) in [6, 6.07) is 0. The lowest BCUT2D eigenvalue weighted by atomic mass is 9.94. The van der Waals surface area contributed by atoms with E-state index in [9.17, 15) is 13.2 Å². The quantitative estimate of drug-likeness (QED) is 0.801. The number of hydrogen-bond donors (Lipinski definition) is 0. The van der Waals surface area contributed by atoms with Crippen LogP contribution in [0.15, 0.2) is 4.90 Å². The van der Waals surface area contributed by atoms with Crippen LogP contribution in [0.5, 0.6) is 0 Å². The summed E-state index contributed by atoms with van der Waals surface area (Å²) in [5.74, 6) is 0.0586. The molecule has 130 valence electrons. The van der Waals surface area contributed by atoms with E-state index in [1.807, 2.05) is 20.8 Å². The Hall–Kier alpha value is -1.41. The molecule has 1 aliphatic rings. The van der Waals surface area contributed by atoms with Gasteiger partial charge in [-0.2, -0.15) is 9.40 Å². The van der Waals surface area contributed by atoms with Gasteiger partial charge >= 0.3 is 0 Å². The summed E-state index contributed by atoms with van der Waals surface area (Å²) in [7, 11) is -1.84. The first-order chi connectivity index (χ1) is 10.5. The van der Waals surface area contributed by atoms with E-state index < -0.39 is 15.4 Å². The zero-order valence-corrected chi connectivity index (χ0v) is 15.6. The van der Waals surface area contributed by atoms with E-state index in [2.05, 4.69) is 5.10 Å². The largest absolute Gasteiger partial charge is 0.340 e. The van der Waals surface area contributed by atoms with Crippen molar-refractivity contribution in [3.63, 3.8) is 0 Å². The predicted octanol–water partition coefficient (Wildman–Crippen LogP) is 0.916. The Morgan fingerprint density at radius 2 is 1.61 bits per heavy atom. The van der Waals surface area contributed by atoms with Crippen molar-refractivity contribution in [3.05, 3.63) is 11.4 Å². The predicted molar refractivity (Wildman–Crippen MR) is 87.5 cm³/mol. The molecule has 1 aliphatic heterocycles. The van der Waals surface area contributed by atoms with Gasteiger partial charge in [0, 0.05) is 38.6 Å². The molecule has 1 fully saturated rings. The zero-order valence-electron chi connectivity index (χ0n) is 14.8. The van der Waals surface area contributed by atoms with Gasteiger partial charge in [0.15, 0.2) is 0 Å². The molecule has 0 unspecified atom stereocenters. The molecular weight excluding hydrogens is 316 g/mol. The molecule has 7 nitrogen and oxygen atoms in total. The van der Waals surface area contributed by atoms with Crippen molar-refractivity contribution in [2.24, 2.45) is 12.5 Å². The van der Waals surface area contributed by atoms with Gasteiger partial charge in [-0.15, -0.1) is 0 Å². The van der Waals surface area contributed by atoms with Crippen molar-refractivity contribution in [3.8, 4) is 0 Å². The number of nitrogens with zero attached hydrogens (tertiary/aromatic N) is 4. The van der Waals surface area contributed by atoms with Crippen LogP contribution in [0.3, 0.4) is 0 Å². The highest BCUT2D eigenvalue weighted by atomic mass is 32.2. The van der Waals surface area contributed by atoms with E-state index >= 15 is 0 Å². The molecule has 0 spiro atoms. The average Bonchev–Trinajstić information content (AvgIpc) is 2.70. The molecule has 1 aromatic heterocycles. The first-order valence-electron chi connectivity index (χ1n) is 7.76. The number of aromatic nitrogens is 2. The number of rotatable bonds is 2. The van der Waals surface area contributed by atoms with Gasteiger partial charge in [-0.05, 0) is 13.8 Å². The molecule has 1 aromatic rings. The summed E-state index contributed by atoms with van der Waals surface area (Å²) in [6.07, 6.45) is 0. The van der Waals surface area contributed by atoms with Gasteiger partial charge in [0.05, 0.1) is 11.4 Å². The van der Waals surface area contributed by atoms with Gasteiger partial charge in [-0.1, -0.05) is 20.8 Å². The van der Waals surface area contributed by atoms with Crippen LogP contribution in [0.25, 0.3) is 0 Å². The van der Waals surface area contributed by atoms with Crippen LogP contribution in [-0.2, 0) is 21.9 Å². The summed E-state index contributed by atoms with van der Waals surface area (Å²) < 4.78 is 28.8. The van der Waals surface area contributed by atoms with E-state index in [0.29, 0.717) is 37.6 Å². The van der Waals surface area contributed by atoms with Crippen molar-refractivity contribution >= 4 is 15.9 Å². The lowest BCUT2D eigenvalue weighted by Crippen LogP contribution is -2.53. The lowest BCUT2D eigenvalue weighted by Gasteiger charge is -2.37. The van der Waals surface area contributed by atoms with Gasteiger partial charge in [0.1, 0.15) is 4.90 Å². The third-order valence-electron chi connectivity index (χ3n) is 4.21. The first kappa shape index (κ1) is 17.9. The number of aryl methyl sites for hydroxylation is 2. The summed E-state index contributed by atoms with van der Waals surface area (Å²) in [4.78, 5) is 14.3. The average molecular weight is 342 g/mol. The Balaban J connectivity index is 2.18. The minimum Gasteiger partial charge on any atom is -0.340 e. The van der Waals surface area contributed by atoms with Crippen molar-refractivity contribution < 1.29 is 13.2 Å². The molecule has 0 radical (unpaired) electrons. The third kappa shape index (κ3) is 3.28. The van der Waals surface area contributed by atoms with Crippen LogP contribution in [0.1, 0.15) is 32.2 Å². The second-order valence-corrected chi connectivity index (χ2v) is 8.94. The summed E-state index contributed by atoms with van der Waals surface area (Å²) in [5.41, 5.74) is 0.700. The Kier molecular flexibility index (Phi) is 4.60. The normalized spacial score (nSPS) is 17.6. The maximum absolute atomic E-state index is 12.9. The third-order valence-corrected chi connectivity index (χ3v) is 6.36. The number of sulfonamides is 1. The highest BCUT2D eigenvalue weighted by Gasteiger charge is 2.35. The van der Waals surface area contributed by atoms with E-state index in [1.54, 1.807) is 30.5 Å². The molecule has 0 saturated carbocycles. The van der Waals surface area contributed by atoms with Crippen molar-refractivity contribution in [2.75, 3.05) is 26.2 Å². The SMILES string of the molecule is Cc1nn(C)c(C)c1S(=O)(=O)N1CCN(C(=O)C(C)(C)C)CC1. The highest BCUT2D eigenvalue weighted by molar-refractivity contribution is 7.89. The summed E-state index contributed by atoms with van der Waals surface area (Å²) >= 11 is 0. The molecule has 0 N–H and O–H groups in total. The summed E-state index contributed by atoms with van der Waals surface area (Å²) in [6.45, 7) is 10.6. The zero-order chi connectivity index (χ0) is 17.6. The molecule has 23 heavy (non-hydrogen) atoms. The summed E-state index contributed by atoms with van der Waals surface area (Å²) in [5, 5.41) is 4.19. The van der Waals surface area contributed by atoms with Crippen molar-refractivity contribution in [1.82, 2.24) is 19.0 Å². The fraction of sp³-hybridized carbons (Fsp3) is 0.733.